The van der Waals surface area contributed by atoms with E-state index in [2.05, 4.69) is 44.3 Å². The van der Waals surface area contributed by atoms with E-state index >= 15 is 0 Å². The molecular formula is C10H9BrN2. The van der Waals surface area contributed by atoms with Gasteiger partial charge in [0, 0.05) is 15.8 Å². The fraction of sp³-hybridized carbons (Fsp3) is 0.300. The van der Waals surface area contributed by atoms with E-state index in [9.17, 15) is 0 Å². The van der Waals surface area contributed by atoms with Crippen molar-refractivity contribution in [3.05, 3.63) is 28.4 Å². The molecule has 66 valence electrons. The number of fused-ring (bicyclic) bond motifs is 1. The lowest BCUT2D eigenvalue weighted by Crippen LogP contribution is -1.78. The van der Waals surface area contributed by atoms with Gasteiger partial charge in [0.1, 0.15) is 0 Å². The molecular weight excluding hydrogens is 228 g/mol. The van der Waals surface area contributed by atoms with Gasteiger partial charge < -0.3 is 0 Å². The van der Waals surface area contributed by atoms with E-state index < -0.39 is 0 Å². The molecule has 0 amide bonds. The van der Waals surface area contributed by atoms with Gasteiger partial charge in [0.15, 0.2) is 0 Å². The number of hydrogen-bond acceptors (Lipinski definition) is 1. The molecule has 2 aromatic rings. The third-order valence-electron chi connectivity index (χ3n) is 2.52. The Morgan fingerprint density at radius 1 is 1.38 bits per heavy atom. The summed E-state index contributed by atoms with van der Waals surface area (Å²) >= 11 is 3.45. The topological polar surface area (TPSA) is 28.7 Å². The third-order valence-corrected chi connectivity index (χ3v) is 3.01. The molecule has 0 unspecified atom stereocenters. The van der Waals surface area contributed by atoms with Crippen LogP contribution in [0.3, 0.4) is 0 Å². The number of nitrogens with one attached hydrogen (secondary N) is 1. The molecule has 0 aliphatic heterocycles. The van der Waals surface area contributed by atoms with Crippen molar-refractivity contribution < 1.29 is 0 Å². The Morgan fingerprint density at radius 3 is 3.00 bits per heavy atom. The lowest BCUT2D eigenvalue weighted by molar-refractivity contribution is 0.978. The maximum absolute atomic E-state index is 4.35. The Balaban J connectivity index is 2.26. The fourth-order valence-corrected chi connectivity index (χ4v) is 2.04. The van der Waals surface area contributed by atoms with Crippen LogP contribution in [0.1, 0.15) is 24.5 Å². The van der Waals surface area contributed by atoms with Crippen molar-refractivity contribution in [1.82, 2.24) is 10.2 Å². The number of benzene rings is 1. The first kappa shape index (κ1) is 7.56. The van der Waals surface area contributed by atoms with Crippen LogP contribution in [0.2, 0.25) is 0 Å². The van der Waals surface area contributed by atoms with Crippen LogP contribution in [0.5, 0.6) is 0 Å². The minimum absolute atomic E-state index is 0.718. The Morgan fingerprint density at radius 2 is 2.23 bits per heavy atom. The van der Waals surface area contributed by atoms with E-state index in [4.69, 9.17) is 0 Å². The zero-order valence-corrected chi connectivity index (χ0v) is 8.63. The largest absolute Gasteiger partial charge is 0.278 e. The average Bonchev–Trinajstić information content (AvgIpc) is 2.87. The van der Waals surface area contributed by atoms with Crippen LogP contribution in [0, 0.1) is 0 Å². The predicted molar refractivity (Wildman–Crippen MR) is 55.8 cm³/mol. The van der Waals surface area contributed by atoms with Crippen molar-refractivity contribution >= 4 is 26.8 Å². The average molecular weight is 237 g/mol. The van der Waals surface area contributed by atoms with Gasteiger partial charge in [0.2, 0.25) is 0 Å². The Bertz CT molecular complexity index is 457. The maximum Gasteiger partial charge on any atom is 0.0731 e. The van der Waals surface area contributed by atoms with E-state index in [1.165, 1.54) is 23.9 Å². The number of aromatic amines is 1. The number of hydrogen-bond donors (Lipinski definition) is 1. The first-order valence-electron chi connectivity index (χ1n) is 4.48. The second-order valence-electron chi connectivity index (χ2n) is 3.57. The van der Waals surface area contributed by atoms with Gasteiger partial charge in [0.05, 0.1) is 11.2 Å². The Labute approximate surface area is 84.5 Å². The van der Waals surface area contributed by atoms with Gasteiger partial charge in [-0.15, -0.1) is 0 Å². The number of nitrogens with zero attached hydrogens (tertiary/aromatic N) is 1. The lowest BCUT2D eigenvalue weighted by Gasteiger charge is -1.92. The minimum Gasteiger partial charge on any atom is -0.278 e. The Hall–Kier alpha value is -0.830. The highest BCUT2D eigenvalue weighted by Crippen LogP contribution is 2.42. The van der Waals surface area contributed by atoms with Crippen molar-refractivity contribution in [2.24, 2.45) is 0 Å². The molecule has 2 nitrogen and oxygen atoms in total. The maximum atomic E-state index is 4.35. The van der Waals surface area contributed by atoms with E-state index in [1.54, 1.807) is 0 Å². The van der Waals surface area contributed by atoms with Crippen molar-refractivity contribution in [2.75, 3.05) is 0 Å². The Kier molecular flexibility index (Phi) is 1.50. The van der Waals surface area contributed by atoms with Gasteiger partial charge in [-0.1, -0.05) is 15.9 Å². The quantitative estimate of drug-likeness (QED) is 0.810. The highest BCUT2D eigenvalue weighted by atomic mass is 79.9. The van der Waals surface area contributed by atoms with Crippen molar-refractivity contribution in [3.8, 4) is 0 Å². The molecule has 1 aliphatic rings. The monoisotopic (exact) mass is 236 g/mol. The third kappa shape index (κ3) is 1.18. The summed E-state index contributed by atoms with van der Waals surface area (Å²) in [6.07, 6.45) is 2.60. The van der Waals surface area contributed by atoms with Gasteiger partial charge in [0.25, 0.3) is 0 Å². The molecule has 1 N–H and O–H groups in total. The summed E-state index contributed by atoms with van der Waals surface area (Å²) in [6, 6.07) is 6.29. The SMILES string of the molecule is Brc1ccc2c(C3CC3)n[nH]c2c1. The highest BCUT2D eigenvalue weighted by molar-refractivity contribution is 9.10. The van der Waals surface area contributed by atoms with Gasteiger partial charge in [-0.05, 0) is 31.0 Å². The summed E-state index contributed by atoms with van der Waals surface area (Å²) in [5, 5.41) is 8.71. The van der Waals surface area contributed by atoms with Crippen molar-refractivity contribution in [1.29, 1.82) is 0 Å². The summed E-state index contributed by atoms with van der Waals surface area (Å²) in [6.45, 7) is 0. The molecule has 1 aromatic carbocycles. The predicted octanol–water partition coefficient (Wildman–Crippen LogP) is 3.20. The number of halogens is 1. The first-order chi connectivity index (χ1) is 6.34. The van der Waals surface area contributed by atoms with Crippen LogP contribution in [-0.2, 0) is 0 Å². The molecule has 1 aromatic heterocycles. The number of H-pyrrole nitrogens is 1. The summed E-state index contributed by atoms with van der Waals surface area (Å²) in [4.78, 5) is 0. The second kappa shape index (κ2) is 2.58. The molecule has 0 radical (unpaired) electrons. The molecule has 0 bridgehead atoms. The van der Waals surface area contributed by atoms with Crippen LogP contribution in [0.25, 0.3) is 10.9 Å². The van der Waals surface area contributed by atoms with Crippen LogP contribution in [0.4, 0.5) is 0 Å². The van der Waals surface area contributed by atoms with E-state index in [0.717, 1.165) is 15.9 Å². The van der Waals surface area contributed by atoms with Crippen LogP contribution in [0.15, 0.2) is 22.7 Å². The molecule has 3 rings (SSSR count). The zero-order chi connectivity index (χ0) is 8.84. The zero-order valence-electron chi connectivity index (χ0n) is 7.05. The smallest absolute Gasteiger partial charge is 0.0731 e. The molecule has 1 fully saturated rings. The van der Waals surface area contributed by atoms with Crippen LogP contribution >= 0.6 is 15.9 Å². The lowest BCUT2D eigenvalue weighted by atomic mass is 10.1. The second-order valence-corrected chi connectivity index (χ2v) is 4.49. The van der Waals surface area contributed by atoms with Crippen molar-refractivity contribution in [2.45, 2.75) is 18.8 Å². The number of aromatic nitrogens is 2. The summed E-state index contributed by atoms with van der Waals surface area (Å²) in [5.41, 5.74) is 2.39. The standard InChI is InChI=1S/C10H9BrN2/c11-7-3-4-8-9(5-7)12-13-10(8)6-1-2-6/h3-6H,1-2H2,(H,12,13). The minimum atomic E-state index is 0.718. The molecule has 1 heterocycles. The number of rotatable bonds is 1. The molecule has 1 aliphatic carbocycles. The first-order valence-corrected chi connectivity index (χ1v) is 5.27. The van der Waals surface area contributed by atoms with Gasteiger partial charge in [-0.3, -0.25) is 5.10 Å². The summed E-state index contributed by atoms with van der Waals surface area (Å²) in [7, 11) is 0. The highest BCUT2D eigenvalue weighted by Gasteiger charge is 2.27. The molecule has 1 saturated carbocycles. The van der Waals surface area contributed by atoms with Gasteiger partial charge in [-0.25, -0.2) is 0 Å². The normalized spacial score (nSPS) is 16.7. The molecule has 0 atom stereocenters. The van der Waals surface area contributed by atoms with Gasteiger partial charge >= 0.3 is 0 Å². The van der Waals surface area contributed by atoms with E-state index in [1.807, 2.05) is 0 Å². The summed E-state index contributed by atoms with van der Waals surface area (Å²) in [5.74, 6) is 0.718. The van der Waals surface area contributed by atoms with Crippen LogP contribution in [-0.4, -0.2) is 10.2 Å². The fourth-order valence-electron chi connectivity index (χ4n) is 1.68. The molecule has 0 saturated heterocycles. The van der Waals surface area contributed by atoms with E-state index in [0.29, 0.717) is 0 Å². The van der Waals surface area contributed by atoms with Gasteiger partial charge in [-0.2, -0.15) is 5.10 Å². The van der Waals surface area contributed by atoms with Crippen molar-refractivity contribution in [3.63, 3.8) is 0 Å². The molecule has 13 heavy (non-hydrogen) atoms. The molecule has 3 heteroatoms. The van der Waals surface area contributed by atoms with Crippen LogP contribution < -0.4 is 0 Å². The molecule has 0 spiro atoms. The summed E-state index contributed by atoms with van der Waals surface area (Å²) < 4.78 is 1.10. The van der Waals surface area contributed by atoms with E-state index in [-0.39, 0.29) is 0 Å².